The van der Waals surface area contributed by atoms with Gasteiger partial charge in [-0.15, -0.1) is 0 Å². The maximum atomic E-state index is 13.2. The summed E-state index contributed by atoms with van der Waals surface area (Å²) in [5.74, 6) is -1.04. The van der Waals surface area contributed by atoms with Crippen molar-refractivity contribution in [2.75, 3.05) is 25.5 Å². The topological polar surface area (TPSA) is 168 Å². The van der Waals surface area contributed by atoms with E-state index in [-0.39, 0.29) is 42.8 Å². The van der Waals surface area contributed by atoms with E-state index in [0.29, 0.717) is 11.8 Å². The summed E-state index contributed by atoms with van der Waals surface area (Å²) in [4.78, 5) is 72.1. The number of hydrogen-bond acceptors (Lipinski definition) is 8. The average molecular weight is 568 g/mol. The molecular formula is C28H37N7O6. The first kappa shape index (κ1) is 29.7. The fraction of sp³-hybridized carbons (Fsp3) is 0.500. The third kappa shape index (κ3) is 7.91. The van der Waals surface area contributed by atoms with Crippen molar-refractivity contribution < 1.29 is 23.9 Å². The number of pyridine rings is 1. The van der Waals surface area contributed by atoms with Gasteiger partial charge in [-0.05, 0) is 56.1 Å². The number of carbonyl (C=O) groups is 4. The smallest absolute Gasteiger partial charge is 0.330 e. The van der Waals surface area contributed by atoms with E-state index in [2.05, 4.69) is 42.5 Å². The number of amides is 3. The minimum absolute atomic E-state index is 0.0284. The van der Waals surface area contributed by atoms with Crippen LogP contribution in [0.1, 0.15) is 49.5 Å². The monoisotopic (exact) mass is 567 g/mol. The molecular weight excluding hydrogens is 530 g/mol. The van der Waals surface area contributed by atoms with Crippen molar-refractivity contribution in [1.82, 2.24) is 30.1 Å². The number of aromatic amines is 1. The highest BCUT2D eigenvalue weighted by Gasteiger charge is 2.36. The van der Waals surface area contributed by atoms with Gasteiger partial charge in [0.2, 0.25) is 11.8 Å². The number of esters is 1. The molecule has 4 rings (SSSR count). The molecule has 0 saturated carbocycles. The molecule has 2 aromatic rings. The van der Waals surface area contributed by atoms with Gasteiger partial charge < -0.3 is 30.2 Å². The van der Waals surface area contributed by atoms with Crippen LogP contribution in [0.5, 0.6) is 0 Å². The Morgan fingerprint density at radius 2 is 2.12 bits per heavy atom. The molecule has 0 aromatic carbocycles. The van der Waals surface area contributed by atoms with Gasteiger partial charge in [-0.2, -0.15) is 0 Å². The number of methoxy groups -OCH3 is 1. The van der Waals surface area contributed by atoms with E-state index < -0.39 is 29.4 Å². The molecule has 4 N–H and O–H groups in total. The van der Waals surface area contributed by atoms with Crippen LogP contribution in [0.25, 0.3) is 0 Å². The van der Waals surface area contributed by atoms with Crippen LogP contribution in [0.2, 0.25) is 0 Å². The third-order valence-corrected chi connectivity index (χ3v) is 7.52. The highest BCUT2D eigenvalue weighted by atomic mass is 16.5. The lowest BCUT2D eigenvalue weighted by Crippen LogP contribution is -2.59. The zero-order valence-electron chi connectivity index (χ0n) is 23.3. The lowest BCUT2D eigenvalue weighted by Gasteiger charge is -2.47. The highest BCUT2D eigenvalue weighted by Crippen LogP contribution is 2.32. The molecule has 2 aliphatic rings. The number of nitrogens with zero attached hydrogens (tertiary/aromatic N) is 3. The number of aromatic nitrogens is 3. The molecule has 41 heavy (non-hydrogen) atoms. The Hall–Kier alpha value is -4.26. The number of imidazole rings is 1. The van der Waals surface area contributed by atoms with Crippen molar-refractivity contribution in [3.05, 3.63) is 59.1 Å². The van der Waals surface area contributed by atoms with Crippen LogP contribution in [0.15, 0.2) is 47.8 Å². The first-order valence-corrected chi connectivity index (χ1v) is 13.8. The van der Waals surface area contributed by atoms with Gasteiger partial charge in [-0.3, -0.25) is 24.1 Å². The molecule has 2 aliphatic heterocycles. The first-order chi connectivity index (χ1) is 19.7. The predicted molar refractivity (Wildman–Crippen MR) is 150 cm³/mol. The molecule has 220 valence electrons. The fourth-order valence-electron chi connectivity index (χ4n) is 5.53. The average Bonchev–Trinajstić information content (AvgIpc) is 3.50. The van der Waals surface area contributed by atoms with Gasteiger partial charge in [-0.1, -0.05) is 13.0 Å². The second kappa shape index (κ2) is 13.9. The van der Waals surface area contributed by atoms with E-state index in [4.69, 9.17) is 0 Å². The quantitative estimate of drug-likeness (QED) is 0.231. The van der Waals surface area contributed by atoms with Crippen molar-refractivity contribution in [2.45, 2.75) is 57.8 Å². The number of fused-ring (bicyclic) bond motifs is 2. The molecule has 0 spiro atoms. The van der Waals surface area contributed by atoms with Crippen molar-refractivity contribution in [3.8, 4) is 0 Å². The molecule has 5 unspecified atom stereocenters. The Bertz CT molecular complexity index is 1320. The SMILES string of the molecule is COC(=O)/C=C/CCC(NC(=O)c1c[nH]cn1)C(=O)Nc1cccn(CC(=O)NC2C(C)CC3CCCN2C3)c1=O. The van der Waals surface area contributed by atoms with Crippen molar-refractivity contribution in [1.29, 1.82) is 0 Å². The molecule has 0 aliphatic carbocycles. The Morgan fingerprint density at radius 1 is 1.29 bits per heavy atom. The van der Waals surface area contributed by atoms with E-state index in [9.17, 15) is 24.0 Å². The van der Waals surface area contributed by atoms with Crippen molar-refractivity contribution in [3.63, 3.8) is 0 Å². The van der Waals surface area contributed by atoms with Crippen molar-refractivity contribution in [2.24, 2.45) is 11.8 Å². The number of allylic oxidation sites excluding steroid dienone is 1. The summed E-state index contributed by atoms with van der Waals surface area (Å²) in [6.07, 6.45) is 10.7. The largest absolute Gasteiger partial charge is 0.466 e. The molecule has 5 atom stereocenters. The minimum Gasteiger partial charge on any atom is -0.466 e. The van der Waals surface area contributed by atoms with Gasteiger partial charge in [0.15, 0.2) is 0 Å². The number of ether oxygens (including phenoxy) is 1. The molecule has 3 amide bonds. The number of hydrogen-bond donors (Lipinski definition) is 4. The number of rotatable bonds is 11. The molecule has 4 heterocycles. The number of piperidine rings is 2. The molecule has 2 bridgehead atoms. The van der Waals surface area contributed by atoms with E-state index in [1.165, 1.54) is 55.0 Å². The Balaban J connectivity index is 1.41. The van der Waals surface area contributed by atoms with E-state index in [1.54, 1.807) is 6.07 Å². The number of nitrogens with one attached hydrogen (secondary N) is 4. The van der Waals surface area contributed by atoms with Crippen LogP contribution in [0, 0.1) is 11.8 Å². The molecule has 13 nitrogen and oxygen atoms in total. The Morgan fingerprint density at radius 3 is 2.88 bits per heavy atom. The summed E-state index contributed by atoms with van der Waals surface area (Å²) in [7, 11) is 1.25. The Labute approximate surface area is 237 Å². The summed E-state index contributed by atoms with van der Waals surface area (Å²) >= 11 is 0. The molecule has 2 aromatic heterocycles. The molecule has 2 saturated heterocycles. The number of anilines is 1. The van der Waals surface area contributed by atoms with Gasteiger partial charge in [0.1, 0.15) is 24.0 Å². The lowest BCUT2D eigenvalue weighted by atomic mass is 9.82. The second-order valence-electron chi connectivity index (χ2n) is 10.6. The molecule has 2 fully saturated rings. The van der Waals surface area contributed by atoms with Gasteiger partial charge in [0.25, 0.3) is 11.5 Å². The summed E-state index contributed by atoms with van der Waals surface area (Å²) in [5.41, 5.74) is -0.485. The van der Waals surface area contributed by atoms with Gasteiger partial charge in [0, 0.05) is 31.6 Å². The van der Waals surface area contributed by atoms with Crippen LogP contribution in [0.3, 0.4) is 0 Å². The van der Waals surface area contributed by atoms with Gasteiger partial charge in [-0.25, -0.2) is 9.78 Å². The molecule has 0 radical (unpaired) electrons. The zero-order chi connectivity index (χ0) is 29.4. The summed E-state index contributed by atoms with van der Waals surface area (Å²) in [5, 5.41) is 8.29. The predicted octanol–water partition coefficient (Wildman–Crippen LogP) is 1.01. The van der Waals surface area contributed by atoms with Crippen LogP contribution >= 0.6 is 0 Å². The summed E-state index contributed by atoms with van der Waals surface area (Å²) < 4.78 is 5.80. The maximum Gasteiger partial charge on any atom is 0.330 e. The van der Waals surface area contributed by atoms with Crippen LogP contribution in [-0.2, 0) is 25.7 Å². The maximum absolute atomic E-state index is 13.2. The number of carbonyl (C=O) groups excluding carboxylic acids is 4. The number of H-pyrrole nitrogens is 1. The summed E-state index contributed by atoms with van der Waals surface area (Å²) in [6, 6.07) is 1.97. The first-order valence-electron chi connectivity index (χ1n) is 13.8. The Kier molecular flexibility index (Phi) is 10.1. The highest BCUT2D eigenvalue weighted by molar-refractivity contribution is 6.00. The summed E-state index contributed by atoms with van der Waals surface area (Å²) in [6.45, 7) is 3.88. The second-order valence-corrected chi connectivity index (χ2v) is 10.6. The van der Waals surface area contributed by atoms with Crippen LogP contribution < -0.4 is 21.5 Å². The van der Waals surface area contributed by atoms with Crippen LogP contribution in [0.4, 0.5) is 5.69 Å². The van der Waals surface area contributed by atoms with Crippen LogP contribution in [-0.4, -0.2) is 75.5 Å². The minimum atomic E-state index is -1.04. The normalized spacial score (nSPS) is 22.5. The van der Waals surface area contributed by atoms with Crippen molar-refractivity contribution >= 4 is 29.4 Å². The third-order valence-electron chi connectivity index (χ3n) is 7.52. The lowest BCUT2D eigenvalue weighted by molar-refractivity contribution is -0.134. The zero-order valence-corrected chi connectivity index (χ0v) is 23.3. The van der Waals surface area contributed by atoms with Gasteiger partial charge in [0.05, 0.1) is 19.6 Å². The van der Waals surface area contributed by atoms with E-state index >= 15 is 0 Å². The molecule has 13 heteroatoms. The van der Waals surface area contributed by atoms with E-state index in [1.807, 2.05) is 0 Å². The van der Waals surface area contributed by atoms with E-state index in [0.717, 1.165) is 25.9 Å². The fourth-order valence-corrected chi connectivity index (χ4v) is 5.53. The van der Waals surface area contributed by atoms with Gasteiger partial charge >= 0.3 is 5.97 Å². The standard InChI is InChI=1S/C28H37N7O6/c1-18-13-19-7-5-11-34(15-19)25(18)33-23(36)16-35-12-6-9-21(28(35)40)32-26(38)20(8-3-4-10-24(37)41-2)31-27(39)22-14-29-17-30-22/h4,6,9-10,12,14,17-20,25H,3,5,7-8,11,13,15-16H2,1-2H3,(H,29,30)(H,31,39)(H,32,38)(H,33,36)/b10-4+.